The number of hydrogen-bond donors (Lipinski definition) is 0. The normalized spacial score (nSPS) is 18.7. The molecule has 2 fully saturated rings. The van der Waals surface area contributed by atoms with Crippen molar-refractivity contribution >= 4 is 29.6 Å². The number of urea groups is 1. The number of ether oxygens (including phenoxy) is 1. The third-order valence-corrected chi connectivity index (χ3v) is 7.08. The Morgan fingerprint density at radius 3 is 2.31 bits per heavy atom. The standard InChI is InChI=1S/C28H34ClN3O3/c1-21(2)18-32-27(34)31(19-23-9-11-25(35-3)12-10-23)26(33)28(32)13-15-30(16-14-28)20-24(29)17-22-7-5-4-6-8-22/h4-12,17,21H,13-16,18-20H2,1-3H3/b24-17-. The lowest BCUT2D eigenvalue weighted by atomic mass is 9.85. The fraction of sp³-hybridized carbons (Fsp3) is 0.429. The topological polar surface area (TPSA) is 53.1 Å². The van der Waals surface area contributed by atoms with Gasteiger partial charge in [-0.1, -0.05) is 67.9 Å². The average molecular weight is 496 g/mol. The summed E-state index contributed by atoms with van der Waals surface area (Å²) in [7, 11) is 1.62. The highest BCUT2D eigenvalue weighted by atomic mass is 35.5. The van der Waals surface area contributed by atoms with Gasteiger partial charge in [0, 0.05) is 31.2 Å². The van der Waals surface area contributed by atoms with Gasteiger partial charge in [0.05, 0.1) is 13.7 Å². The molecule has 0 aromatic heterocycles. The zero-order valence-electron chi connectivity index (χ0n) is 20.7. The number of imide groups is 1. The van der Waals surface area contributed by atoms with E-state index in [1.54, 1.807) is 7.11 Å². The van der Waals surface area contributed by atoms with Crippen LogP contribution in [0.4, 0.5) is 4.79 Å². The number of benzene rings is 2. The maximum absolute atomic E-state index is 13.8. The molecule has 35 heavy (non-hydrogen) atoms. The molecule has 0 N–H and O–H groups in total. The van der Waals surface area contributed by atoms with Crippen LogP contribution in [0.25, 0.3) is 6.08 Å². The van der Waals surface area contributed by atoms with Crippen LogP contribution < -0.4 is 4.74 Å². The number of likely N-dealkylation sites (tertiary alicyclic amines) is 1. The molecule has 0 unspecified atom stereocenters. The van der Waals surface area contributed by atoms with Crippen LogP contribution >= 0.6 is 11.6 Å². The Hall–Kier alpha value is -2.83. The molecule has 1 spiro atoms. The highest BCUT2D eigenvalue weighted by Crippen LogP contribution is 2.39. The summed E-state index contributed by atoms with van der Waals surface area (Å²) in [5, 5.41) is 0.765. The van der Waals surface area contributed by atoms with Crippen molar-refractivity contribution in [1.29, 1.82) is 0 Å². The van der Waals surface area contributed by atoms with Gasteiger partial charge in [0.25, 0.3) is 5.91 Å². The van der Waals surface area contributed by atoms with Crippen molar-refractivity contribution in [2.45, 2.75) is 38.8 Å². The van der Waals surface area contributed by atoms with Crippen molar-refractivity contribution in [3.63, 3.8) is 0 Å². The number of amides is 3. The van der Waals surface area contributed by atoms with E-state index in [0.29, 0.717) is 39.0 Å². The maximum atomic E-state index is 13.8. The molecule has 0 radical (unpaired) electrons. The Morgan fingerprint density at radius 1 is 1.06 bits per heavy atom. The number of nitrogens with zero attached hydrogens (tertiary/aromatic N) is 3. The molecule has 2 aliphatic heterocycles. The van der Waals surface area contributed by atoms with Crippen LogP contribution in [0, 0.1) is 5.92 Å². The van der Waals surface area contributed by atoms with Gasteiger partial charge in [0.2, 0.25) is 0 Å². The summed E-state index contributed by atoms with van der Waals surface area (Å²) in [6, 6.07) is 17.3. The van der Waals surface area contributed by atoms with Gasteiger partial charge in [-0.25, -0.2) is 4.79 Å². The highest BCUT2D eigenvalue weighted by Gasteiger charge is 2.57. The van der Waals surface area contributed by atoms with Crippen LogP contribution in [0.1, 0.15) is 37.8 Å². The van der Waals surface area contributed by atoms with E-state index in [1.807, 2.05) is 65.6 Å². The molecule has 0 bridgehead atoms. The van der Waals surface area contributed by atoms with Crippen molar-refractivity contribution in [2.75, 3.05) is 33.3 Å². The van der Waals surface area contributed by atoms with E-state index in [9.17, 15) is 9.59 Å². The van der Waals surface area contributed by atoms with Gasteiger partial charge in [0.15, 0.2) is 0 Å². The van der Waals surface area contributed by atoms with Gasteiger partial charge in [-0.3, -0.25) is 14.6 Å². The number of methoxy groups -OCH3 is 1. The molecular weight excluding hydrogens is 462 g/mol. The summed E-state index contributed by atoms with van der Waals surface area (Å²) in [5.74, 6) is 0.938. The van der Waals surface area contributed by atoms with Gasteiger partial charge in [-0.15, -0.1) is 0 Å². The van der Waals surface area contributed by atoms with E-state index in [0.717, 1.165) is 21.9 Å². The van der Waals surface area contributed by atoms with Crippen molar-refractivity contribution in [1.82, 2.24) is 14.7 Å². The molecule has 2 aromatic carbocycles. The van der Waals surface area contributed by atoms with Crippen molar-refractivity contribution < 1.29 is 14.3 Å². The van der Waals surface area contributed by atoms with Gasteiger partial charge in [0.1, 0.15) is 11.3 Å². The van der Waals surface area contributed by atoms with Crippen molar-refractivity contribution in [2.24, 2.45) is 5.92 Å². The Morgan fingerprint density at radius 2 is 1.71 bits per heavy atom. The molecule has 4 rings (SSSR count). The molecule has 2 saturated heterocycles. The monoisotopic (exact) mass is 495 g/mol. The van der Waals surface area contributed by atoms with E-state index in [-0.39, 0.29) is 24.4 Å². The SMILES string of the molecule is COc1ccc(CN2C(=O)N(CC(C)C)C3(CCN(C/C(Cl)=C/c4ccccc4)CC3)C2=O)cc1. The number of carbonyl (C=O) groups excluding carboxylic acids is 2. The molecule has 2 aliphatic rings. The fourth-order valence-corrected chi connectivity index (χ4v) is 5.30. The lowest BCUT2D eigenvalue weighted by Gasteiger charge is -2.42. The number of hydrogen-bond acceptors (Lipinski definition) is 4. The molecule has 0 aliphatic carbocycles. The summed E-state index contributed by atoms with van der Waals surface area (Å²) in [4.78, 5) is 32.8. The first kappa shape index (κ1) is 25.3. The summed E-state index contributed by atoms with van der Waals surface area (Å²) in [6.07, 6.45) is 3.20. The van der Waals surface area contributed by atoms with Gasteiger partial charge in [-0.2, -0.15) is 0 Å². The van der Waals surface area contributed by atoms with Crippen LogP contribution in [0.2, 0.25) is 0 Å². The summed E-state index contributed by atoms with van der Waals surface area (Å²) in [5.41, 5.74) is 1.20. The van der Waals surface area contributed by atoms with Gasteiger partial charge < -0.3 is 9.64 Å². The van der Waals surface area contributed by atoms with Crippen LogP contribution in [-0.4, -0.2) is 65.5 Å². The predicted molar refractivity (Wildman–Crippen MR) is 139 cm³/mol. The first-order chi connectivity index (χ1) is 16.8. The summed E-state index contributed by atoms with van der Waals surface area (Å²) < 4.78 is 5.23. The minimum Gasteiger partial charge on any atom is -0.497 e. The third kappa shape index (κ3) is 5.54. The molecular formula is C28H34ClN3O3. The first-order valence-corrected chi connectivity index (χ1v) is 12.6. The number of carbonyl (C=O) groups is 2. The second-order valence-corrected chi connectivity index (χ2v) is 10.3. The zero-order valence-corrected chi connectivity index (χ0v) is 21.5. The molecule has 7 heteroatoms. The first-order valence-electron chi connectivity index (χ1n) is 12.2. The second-order valence-electron chi connectivity index (χ2n) is 9.84. The molecule has 3 amide bonds. The maximum Gasteiger partial charge on any atom is 0.327 e. The van der Waals surface area contributed by atoms with Crippen molar-refractivity contribution in [3.8, 4) is 5.75 Å². The molecule has 186 valence electrons. The Balaban J connectivity index is 1.48. The minimum atomic E-state index is -0.778. The molecule has 0 saturated carbocycles. The van der Waals surface area contributed by atoms with Gasteiger partial charge in [-0.05, 0) is 48.1 Å². The molecule has 0 atom stereocenters. The predicted octanol–water partition coefficient (Wildman–Crippen LogP) is 5.23. The number of rotatable bonds is 8. The number of halogens is 1. The Bertz CT molecular complexity index is 1060. The van der Waals surface area contributed by atoms with E-state index in [4.69, 9.17) is 16.3 Å². The molecule has 6 nitrogen and oxygen atoms in total. The summed E-state index contributed by atoms with van der Waals surface area (Å²) in [6.45, 7) is 7.06. The lowest BCUT2D eigenvalue weighted by molar-refractivity contribution is -0.136. The van der Waals surface area contributed by atoms with Gasteiger partial charge >= 0.3 is 6.03 Å². The zero-order chi connectivity index (χ0) is 25.0. The summed E-state index contributed by atoms with van der Waals surface area (Å²) >= 11 is 6.56. The van der Waals surface area contributed by atoms with Crippen LogP contribution in [0.15, 0.2) is 59.6 Å². The van der Waals surface area contributed by atoms with E-state index in [1.165, 1.54) is 4.90 Å². The molecule has 2 heterocycles. The second kappa shape index (κ2) is 10.8. The quantitative estimate of drug-likeness (QED) is 0.470. The smallest absolute Gasteiger partial charge is 0.327 e. The molecule has 2 aromatic rings. The minimum absolute atomic E-state index is 0.0791. The van der Waals surface area contributed by atoms with E-state index < -0.39 is 5.54 Å². The Labute approximate surface area is 213 Å². The highest BCUT2D eigenvalue weighted by molar-refractivity contribution is 6.31. The van der Waals surface area contributed by atoms with Crippen LogP contribution in [0.3, 0.4) is 0 Å². The fourth-order valence-electron chi connectivity index (χ4n) is 5.01. The third-order valence-electron chi connectivity index (χ3n) is 6.85. The van der Waals surface area contributed by atoms with Crippen molar-refractivity contribution in [3.05, 3.63) is 70.8 Å². The van der Waals surface area contributed by atoms with E-state index in [2.05, 4.69) is 18.7 Å². The van der Waals surface area contributed by atoms with Crippen LogP contribution in [-0.2, 0) is 11.3 Å². The largest absolute Gasteiger partial charge is 0.497 e. The average Bonchev–Trinajstić information content (AvgIpc) is 3.03. The lowest BCUT2D eigenvalue weighted by Crippen LogP contribution is -2.57. The van der Waals surface area contributed by atoms with Crippen LogP contribution in [0.5, 0.6) is 5.75 Å². The number of piperidine rings is 1. The Kier molecular flexibility index (Phi) is 7.82. The van der Waals surface area contributed by atoms with E-state index >= 15 is 0 Å².